The standard InChI is InChI=1S/C4H5O.CHO2/c1-2-3-4-5;2-1-3/h2H,1,3H2;(H,2,3). The van der Waals surface area contributed by atoms with Crippen LogP contribution in [0, 0.1) is 0 Å². The second-order valence-corrected chi connectivity index (χ2v) is 0.728. The van der Waals surface area contributed by atoms with E-state index in [1.165, 1.54) is 6.08 Å². The normalized spacial score (nSPS) is 5.50. The van der Waals surface area contributed by atoms with E-state index in [1.54, 1.807) is 6.29 Å². The zero-order valence-electron chi connectivity index (χ0n) is 4.26. The third-order valence-electron chi connectivity index (χ3n) is 0.228. The summed E-state index contributed by atoms with van der Waals surface area (Å²) in [5.74, 6) is 0. The second-order valence-electron chi connectivity index (χ2n) is 0.728. The van der Waals surface area contributed by atoms with Crippen molar-refractivity contribution < 1.29 is 14.7 Å². The molecule has 0 saturated heterocycles. The Hall–Kier alpha value is -1.12. The maximum absolute atomic E-state index is 9.21. The maximum Gasteiger partial charge on any atom is 0.414 e. The van der Waals surface area contributed by atoms with Crippen LogP contribution in [0.5, 0.6) is 0 Å². The van der Waals surface area contributed by atoms with Crippen LogP contribution in [-0.2, 0) is 9.59 Å². The van der Waals surface area contributed by atoms with Crippen LogP contribution in [0.4, 0.5) is 0 Å². The number of rotatable bonds is 2. The molecule has 0 bridgehead atoms. The molecule has 0 aliphatic heterocycles. The molecule has 44 valence electrons. The summed E-state index contributed by atoms with van der Waals surface area (Å²) in [4.78, 5) is 17.4. The molecule has 0 aliphatic rings. The average molecular weight is 114 g/mol. The van der Waals surface area contributed by atoms with Crippen LogP contribution in [0.1, 0.15) is 6.42 Å². The van der Waals surface area contributed by atoms with Crippen molar-refractivity contribution in [3.8, 4) is 0 Å². The Morgan fingerprint density at radius 2 is 2.00 bits per heavy atom. The molecule has 0 unspecified atom stereocenters. The number of hydrogen-bond acceptors (Lipinski definition) is 2. The van der Waals surface area contributed by atoms with Crippen molar-refractivity contribution in [1.82, 2.24) is 0 Å². The van der Waals surface area contributed by atoms with Crippen LogP contribution in [0.3, 0.4) is 0 Å². The largest absolute Gasteiger partial charge is 0.473 e. The minimum atomic E-state index is 0.347. The third-order valence-corrected chi connectivity index (χ3v) is 0.228. The topological polar surface area (TPSA) is 54.4 Å². The molecule has 0 aromatic rings. The Balaban J connectivity index is 0. The Morgan fingerprint density at radius 1 is 1.62 bits per heavy atom. The van der Waals surface area contributed by atoms with E-state index in [0.717, 1.165) is 0 Å². The summed E-state index contributed by atoms with van der Waals surface area (Å²) in [7, 11) is 0. The van der Waals surface area contributed by atoms with Crippen LogP contribution in [0.25, 0.3) is 0 Å². The molecule has 2 radical (unpaired) electrons. The molecule has 0 aromatic carbocycles. The molecule has 0 aromatic heterocycles. The van der Waals surface area contributed by atoms with Gasteiger partial charge in [0.05, 0.1) is 0 Å². The van der Waals surface area contributed by atoms with E-state index in [-0.39, 0.29) is 0 Å². The fourth-order valence-electron chi connectivity index (χ4n) is 0.0589. The van der Waals surface area contributed by atoms with Gasteiger partial charge in [-0.3, -0.25) is 4.79 Å². The van der Waals surface area contributed by atoms with Gasteiger partial charge in [-0.1, -0.05) is 6.08 Å². The first-order valence-corrected chi connectivity index (χ1v) is 1.80. The van der Waals surface area contributed by atoms with E-state index in [0.29, 0.717) is 12.9 Å². The van der Waals surface area contributed by atoms with Crippen molar-refractivity contribution in [1.29, 1.82) is 0 Å². The van der Waals surface area contributed by atoms with Crippen LogP contribution >= 0.6 is 0 Å². The van der Waals surface area contributed by atoms with E-state index in [9.17, 15) is 4.79 Å². The first kappa shape index (κ1) is 9.99. The highest BCUT2D eigenvalue weighted by molar-refractivity contribution is 5.52. The molecular weight excluding hydrogens is 108 g/mol. The molecule has 0 atom stereocenters. The zero-order valence-corrected chi connectivity index (χ0v) is 4.26. The average Bonchev–Trinajstić information content (AvgIpc) is 1.71. The van der Waals surface area contributed by atoms with Gasteiger partial charge in [-0.2, -0.15) is 0 Å². The molecule has 0 heterocycles. The molecule has 0 amide bonds. The molecule has 3 nitrogen and oxygen atoms in total. The van der Waals surface area contributed by atoms with Gasteiger partial charge in [0, 0.05) is 6.42 Å². The fourth-order valence-corrected chi connectivity index (χ4v) is 0.0589. The quantitative estimate of drug-likeness (QED) is 0.524. The lowest BCUT2D eigenvalue weighted by Gasteiger charge is -1.57. The van der Waals surface area contributed by atoms with E-state index >= 15 is 0 Å². The van der Waals surface area contributed by atoms with E-state index < -0.39 is 0 Å². The van der Waals surface area contributed by atoms with Crippen molar-refractivity contribution in [3.63, 3.8) is 0 Å². The summed E-state index contributed by atoms with van der Waals surface area (Å²) >= 11 is 0. The predicted molar refractivity (Wildman–Crippen MR) is 28.8 cm³/mol. The highest BCUT2D eigenvalue weighted by Gasteiger charge is 1.61. The lowest BCUT2D eigenvalue weighted by atomic mass is 10.5. The lowest BCUT2D eigenvalue weighted by molar-refractivity contribution is 0.437. The Morgan fingerprint density at radius 3 is 2.00 bits per heavy atom. The molecule has 0 spiro atoms. The molecule has 1 N–H and O–H groups in total. The van der Waals surface area contributed by atoms with Gasteiger partial charge in [-0.15, -0.1) is 6.58 Å². The number of allylic oxidation sites excluding steroid dienone is 1. The van der Waals surface area contributed by atoms with Crippen molar-refractivity contribution in [3.05, 3.63) is 12.7 Å². The van der Waals surface area contributed by atoms with E-state index in [2.05, 4.69) is 6.58 Å². The fraction of sp³-hybridized carbons (Fsp3) is 0.200. The first-order valence-electron chi connectivity index (χ1n) is 1.80. The molecule has 0 rings (SSSR count). The first-order chi connectivity index (χ1) is 3.83. The van der Waals surface area contributed by atoms with Gasteiger partial charge in [0.1, 0.15) is 0 Å². The van der Waals surface area contributed by atoms with Crippen LogP contribution in [0.2, 0.25) is 0 Å². The summed E-state index contributed by atoms with van der Waals surface area (Å²) in [6.07, 6.45) is 3.50. The SMILES string of the molecule is C=CC[C]=O.O=[C]O. The third kappa shape index (κ3) is 94.9. The van der Waals surface area contributed by atoms with Gasteiger partial charge in [0.25, 0.3) is 0 Å². The summed E-state index contributed by atoms with van der Waals surface area (Å²) in [5.41, 5.74) is 0. The minimum absolute atomic E-state index is 0.347. The molecule has 0 fully saturated rings. The van der Waals surface area contributed by atoms with Crippen molar-refractivity contribution in [2.24, 2.45) is 0 Å². The van der Waals surface area contributed by atoms with Crippen molar-refractivity contribution in [2.45, 2.75) is 6.42 Å². The van der Waals surface area contributed by atoms with Gasteiger partial charge in [0.15, 0.2) is 0 Å². The van der Waals surface area contributed by atoms with E-state index in [4.69, 9.17) is 9.90 Å². The summed E-state index contributed by atoms with van der Waals surface area (Å²) in [5, 5.41) is 6.76. The van der Waals surface area contributed by atoms with Gasteiger partial charge in [0.2, 0.25) is 6.29 Å². The van der Waals surface area contributed by atoms with Gasteiger partial charge in [-0.05, 0) is 0 Å². The molecule has 8 heavy (non-hydrogen) atoms. The smallest absolute Gasteiger partial charge is 0.414 e. The Bertz CT molecular complexity index is 62.1. The lowest BCUT2D eigenvalue weighted by Crippen LogP contribution is -1.58. The van der Waals surface area contributed by atoms with E-state index in [1.807, 2.05) is 0 Å². The van der Waals surface area contributed by atoms with Gasteiger partial charge >= 0.3 is 6.47 Å². The zero-order chi connectivity index (χ0) is 6.83. The summed E-state index contributed by atoms with van der Waals surface area (Å²) in [6.45, 7) is 3.79. The van der Waals surface area contributed by atoms with Crippen LogP contribution in [0.15, 0.2) is 12.7 Å². The van der Waals surface area contributed by atoms with Crippen LogP contribution in [-0.4, -0.2) is 17.9 Å². The monoisotopic (exact) mass is 114 g/mol. The molecule has 0 aliphatic carbocycles. The summed E-state index contributed by atoms with van der Waals surface area (Å²) in [6, 6.07) is 0. The number of hydrogen-bond donors (Lipinski definition) is 1. The number of carbonyl (C=O) groups excluding carboxylic acids is 1. The molecule has 0 saturated carbocycles. The van der Waals surface area contributed by atoms with Crippen molar-refractivity contribution >= 4 is 12.8 Å². The predicted octanol–water partition coefficient (Wildman–Crippen LogP) is 0.284. The highest BCUT2D eigenvalue weighted by atomic mass is 16.3. The summed E-state index contributed by atoms with van der Waals surface area (Å²) < 4.78 is 0. The maximum atomic E-state index is 9.21. The number of aliphatic hydroxyl groups excluding tert-OH is 1. The van der Waals surface area contributed by atoms with Gasteiger partial charge < -0.3 is 5.11 Å². The minimum Gasteiger partial charge on any atom is -0.473 e. The molecular formula is C5H6O3. The van der Waals surface area contributed by atoms with Crippen LogP contribution < -0.4 is 0 Å². The van der Waals surface area contributed by atoms with Crippen molar-refractivity contribution in [2.75, 3.05) is 0 Å². The Kier molecular flexibility index (Phi) is 21.1. The highest BCUT2D eigenvalue weighted by Crippen LogP contribution is 1.64. The molecule has 3 heteroatoms. The van der Waals surface area contributed by atoms with Gasteiger partial charge in [-0.25, -0.2) is 4.79 Å². The Labute approximate surface area is 47.6 Å². The second kappa shape index (κ2) is 16.9.